The summed E-state index contributed by atoms with van der Waals surface area (Å²) in [5.74, 6) is 0.339. The number of rotatable bonds is 9. The summed E-state index contributed by atoms with van der Waals surface area (Å²) in [5, 5.41) is 0. The SMILES string of the molecule is CCCC[Te](Br)(CCCC)CC(=O)c1ccccc1. The van der Waals surface area contributed by atoms with Crippen molar-refractivity contribution in [3.63, 3.8) is 0 Å². The summed E-state index contributed by atoms with van der Waals surface area (Å²) >= 11 is 1.90. The normalized spacial score (nSPS) is 12.4. The first-order valence-electron chi connectivity index (χ1n) is 7.15. The topological polar surface area (TPSA) is 17.1 Å². The van der Waals surface area contributed by atoms with E-state index in [-0.39, 0.29) is 0 Å². The molecule has 0 unspecified atom stereocenters. The van der Waals surface area contributed by atoms with Crippen molar-refractivity contribution in [2.75, 3.05) is 0 Å². The molecule has 0 heterocycles. The number of hydrogen-bond acceptors (Lipinski definition) is 1. The summed E-state index contributed by atoms with van der Waals surface area (Å²) in [6.07, 6.45) is 4.98. The van der Waals surface area contributed by atoms with Crippen LogP contribution < -0.4 is 0 Å². The summed E-state index contributed by atoms with van der Waals surface area (Å²) in [6, 6.07) is 9.76. The quantitative estimate of drug-likeness (QED) is 0.350. The summed E-state index contributed by atoms with van der Waals surface area (Å²) in [7, 11) is 0. The van der Waals surface area contributed by atoms with Gasteiger partial charge in [0.25, 0.3) is 0 Å². The van der Waals surface area contributed by atoms with E-state index in [0.29, 0.717) is 5.78 Å². The molecule has 1 nitrogen and oxygen atoms in total. The van der Waals surface area contributed by atoms with Crippen LogP contribution in [0.5, 0.6) is 0 Å². The summed E-state index contributed by atoms with van der Waals surface area (Å²) in [5.41, 5.74) is 0.880. The van der Waals surface area contributed by atoms with Crippen molar-refractivity contribution in [3.05, 3.63) is 35.9 Å². The van der Waals surface area contributed by atoms with Crippen molar-refractivity contribution < 1.29 is 4.79 Å². The van der Waals surface area contributed by atoms with Crippen LogP contribution in [-0.2, 0) is 0 Å². The Labute approximate surface area is 127 Å². The van der Waals surface area contributed by atoms with Gasteiger partial charge in [0.1, 0.15) is 0 Å². The summed E-state index contributed by atoms with van der Waals surface area (Å²) < 4.78 is 3.35. The number of hydrogen-bond donors (Lipinski definition) is 0. The zero-order valence-corrected chi connectivity index (χ0v) is 15.9. The van der Waals surface area contributed by atoms with Gasteiger partial charge in [-0.15, -0.1) is 0 Å². The fourth-order valence-corrected chi connectivity index (χ4v) is 14.3. The van der Waals surface area contributed by atoms with Crippen LogP contribution in [0.1, 0.15) is 49.9 Å². The van der Waals surface area contributed by atoms with Gasteiger partial charge in [0.15, 0.2) is 0 Å². The minimum absolute atomic E-state index is 0.339. The molecule has 0 radical (unpaired) electrons. The molecule has 1 aromatic carbocycles. The third kappa shape index (κ3) is 6.43. The molecule has 0 fully saturated rings. The molecule has 0 amide bonds. The standard InChI is InChI=1S/C16H25BrOTe/c1-3-5-12-19(17,13-6-4-2)14-16(18)15-10-8-7-9-11-15/h7-11H,3-6,12-14H2,1-2H3. The summed E-state index contributed by atoms with van der Waals surface area (Å²) in [6.45, 7) is 4.46. The Balaban J connectivity index is 2.68. The van der Waals surface area contributed by atoms with Crippen molar-refractivity contribution in [2.24, 2.45) is 0 Å². The average Bonchev–Trinajstić information content (AvgIpc) is 2.44. The van der Waals surface area contributed by atoms with Gasteiger partial charge in [0.2, 0.25) is 0 Å². The second-order valence-corrected chi connectivity index (χ2v) is 22.7. The van der Waals surface area contributed by atoms with Crippen molar-refractivity contribution >= 4 is 34.5 Å². The van der Waals surface area contributed by atoms with Gasteiger partial charge in [0.05, 0.1) is 0 Å². The number of carbonyl (C=O) groups is 1. The van der Waals surface area contributed by atoms with Crippen LogP contribution in [0.2, 0.25) is 13.4 Å². The maximum absolute atomic E-state index is 12.4. The van der Waals surface area contributed by atoms with Crippen LogP contribution in [0.25, 0.3) is 0 Å². The van der Waals surface area contributed by atoms with Gasteiger partial charge in [-0.05, 0) is 0 Å². The number of benzene rings is 1. The van der Waals surface area contributed by atoms with Gasteiger partial charge in [-0.1, -0.05) is 0 Å². The van der Waals surface area contributed by atoms with E-state index < -0.39 is 16.0 Å². The Bertz CT molecular complexity index is 370. The van der Waals surface area contributed by atoms with E-state index in [2.05, 4.69) is 26.6 Å². The molecule has 108 valence electrons. The van der Waals surface area contributed by atoms with Crippen LogP contribution in [0.4, 0.5) is 0 Å². The fourth-order valence-electron chi connectivity index (χ4n) is 1.99. The van der Waals surface area contributed by atoms with E-state index in [4.69, 9.17) is 0 Å². The zero-order valence-electron chi connectivity index (χ0n) is 12.0. The molecular weight excluding hydrogens is 416 g/mol. The Morgan fingerprint density at radius 1 is 1.05 bits per heavy atom. The molecule has 0 atom stereocenters. The van der Waals surface area contributed by atoms with Gasteiger partial charge in [-0.2, -0.15) is 0 Å². The third-order valence-electron chi connectivity index (χ3n) is 3.21. The summed E-state index contributed by atoms with van der Waals surface area (Å²) in [4.78, 5) is 12.4. The molecular formula is C16H25BrOTe. The van der Waals surface area contributed by atoms with E-state index in [1.807, 2.05) is 30.3 Å². The fraction of sp³-hybridized carbons (Fsp3) is 0.562. The van der Waals surface area contributed by atoms with E-state index in [1.165, 1.54) is 34.6 Å². The van der Waals surface area contributed by atoms with Crippen molar-refractivity contribution in [1.82, 2.24) is 0 Å². The van der Waals surface area contributed by atoms with Gasteiger partial charge < -0.3 is 0 Å². The van der Waals surface area contributed by atoms with Crippen LogP contribution >= 0.6 is 12.8 Å². The van der Waals surface area contributed by atoms with Crippen LogP contribution in [-0.4, -0.2) is 21.8 Å². The average molecular weight is 441 g/mol. The first kappa shape index (κ1) is 17.2. The maximum atomic E-state index is 12.4. The molecule has 0 aromatic heterocycles. The number of unbranched alkanes of at least 4 members (excludes halogenated alkanes) is 2. The van der Waals surface area contributed by atoms with Gasteiger partial charge in [-0.25, -0.2) is 0 Å². The monoisotopic (exact) mass is 442 g/mol. The molecule has 19 heavy (non-hydrogen) atoms. The van der Waals surface area contributed by atoms with Crippen LogP contribution in [0, 0.1) is 0 Å². The number of halogens is 1. The van der Waals surface area contributed by atoms with Gasteiger partial charge in [-0.3, -0.25) is 0 Å². The predicted molar refractivity (Wildman–Crippen MR) is 89.7 cm³/mol. The molecule has 0 N–H and O–H groups in total. The molecule has 0 aliphatic rings. The molecule has 0 spiro atoms. The Hall–Kier alpha value is 0.160. The van der Waals surface area contributed by atoms with E-state index in [1.54, 1.807) is 0 Å². The molecule has 0 bridgehead atoms. The Kier molecular flexibility index (Phi) is 8.30. The number of ketones is 1. The predicted octanol–water partition coefficient (Wildman–Crippen LogP) is 5.81. The second kappa shape index (κ2) is 9.16. The first-order chi connectivity index (χ1) is 9.11. The van der Waals surface area contributed by atoms with E-state index >= 15 is 0 Å². The van der Waals surface area contributed by atoms with Crippen molar-refractivity contribution in [3.8, 4) is 0 Å². The number of Topliss-reactive ketones (excluding diaryl/α,β-unsaturated/α-hetero) is 1. The van der Waals surface area contributed by atoms with Crippen molar-refractivity contribution in [1.29, 1.82) is 0 Å². The molecule has 0 saturated carbocycles. The van der Waals surface area contributed by atoms with E-state index in [9.17, 15) is 4.79 Å². The Morgan fingerprint density at radius 2 is 1.58 bits per heavy atom. The molecule has 1 aromatic rings. The molecule has 0 aliphatic heterocycles. The van der Waals surface area contributed by atoms with Crippen LogP contribution in [0.3, 0.4) is 0 Å². The molecule has 1 rings (SSSR count). The number of carbonyl (C=O) groups excluding carboxylic acids is 1. The van der Waals surface area contributed by atoms with Crippen molar-refractivity contribution in [2.45, 2.75) is 52.9 Å². The first-order valence-corrected chi connectivity index (χ1v) is 17.3. The van der Waals surface area contributed by atoms with Gasteiger partial charge in [0, 0.05) is 0 Å². The molecule has 3 heteroatoms. The zero-order chi connectivity index (χ0) is 14.1. The van der Waals surface area contributed by atoms with Crippen LogP contribution in [0.15, 0.2) is 30.3 Å². The van der Waals surface area contributed by atoms with E-state index in [0.717, 1.165) is 10.0 Å². The molecule has 0 aliphatic carbocycles. The minimum atomic E-state index is -2.15. The third-order valence-corrected chi connectivity index (χ3v) is 17.1. The van der Waals surface area contributed by atoms with Gasteiger partial charge >= 0.3 is 128 Å². The Morgan fingerprint density at radius 3 is 2.05 bits per heavy atom. The second-order valence-electron chi connectivity index (χ2n) is 4.99. The molecule has 0 saturated heterocycles.